The molecular weight excluding hydrogens is 498 g/mol. The van der Waals surface area contributed by atoms with E-state index in [2.05, 4.69) is 10.5 Å². The SMILES string of the molecule is Cc1ccc(NC(=O)[C@H]2CCCN(S(=O)(=O)c3c(C)noc3/C=C/c3cc(C)ccc3C)C2)c(Cl)c1. The molecule has 2 aromatic carbocycles. The van der Waals surface area contributed by atoms with Crippen molar-refractivity contribution >= 4 is 45.4 Å². The highest BCUT2D eigenvalue weighted by Gasteiger charge is 2.37. The zero-order chi connectivity index (χ0) is 26.0. The molecule has 1 atom stereocenters. The van der Waals surface area contributed by atoms with E-state index in [1.165, 1.54) is 4.31 Å². The van der Waals surface area contributed by atoms with Crippen LogP contribution in [0.1, 0.15) is 46.5 Å². The van der Waals surface area contributed by atoms with Crippen LogP contribution in [0.3, 0.4) is 0 Å². The smallest absolute Gasteiger partial charge is 0.248 e. The molecule has 0 radical (unpaired) electrons. The summed E-state index contributed by atoms with van der Waals surface area (Å²) < 4.78 is 34.1. The van der Waals surface area contributed by atoms with Gasteiger partial charge in [0.15, 0.2) is 10.7 Å². The second-order valence-electron chi connectivity index (χ2n) is 9.33. The summed E-state index contributed by atoms with van der Waals surface area (Å²) in [6.07, 6.45) is 4.63. The molecule has 0 bridgehead atoms. The molecule has 1 aliphatic rings. The van der Waals surface area contributed by atoms with Crippen LogP contribution >= 0.6 is 11.6 Å². The van der Waals surface area contributed by atoms with Gasteiger partial charge < -0.3 is 9.84 Å². The Labute approximate surface area is 217 Å². The first-order valence-electron chi connectivity index (χ1n) is 11.8. The standard InChI is InChI=1S/C27H30ClN3O4S/c1-17-7-9-19(3)21(14-17)10-12-25-26(20(4)30-35-25)36(33,34)31-13-5-6-22(16-31)27(32)29-24-11-8-18(2)15-23(24)28/h7-12,14-15,22H,5-6,13,16H2,1-4H3,(H,29,32)/b12-10+/t22-/m0/s1. The van der Waals surface area contributed by atoms with Gasteiger partial charge in [-0.1, -0.05) is 52.7 Å². The summed E-state index contributed by atoms with van der Waals surface area (Å²) in [4.78, 5) is 13.0. The molecular formula is C27H30ClN3O4S. The number of amides is 1. The second-order valence-corrected chi connectivity index (χ2v) is 11.6. The lowest BCUT2D eigenvalue weighted by atomic mass is 9.98. The Morgan fingerprint density at radius 3 is 2.58 bits per heavy atom. The van der Waals surface area contributed by atoms with E-state index in [9.17, 15) is 13.2 Å². The van der Waals surface area contributed by atoms with Crippen molar-refractivity contribution in [1.29, 1.82) is 0 Å². The highest BCUT2D eigenvalue weighted by Crippen LogP contribution is 2.31. The van der Waals surface area contributed by atoms with Gasteiger partial charge in [-0.3, -0.25) is 4.79 Å². The lowest BCUT2D eigenvalue weighted by Gasteiger charge is -2.31. The van der Waals surface area contributed by atoms with Crippen molar-refractivity contribution < 1.29 is 17.7 Å². The largest absolute Gasteiger partial charge is 0.355 e. The van der Waals surface area contributed by atoms with Crippen molar-refractivity contribution in [2.45, 2.75) is 45.4 Å². The molecule has 9 heteroatoms. The molecule has 1 fully saturated rings. The van der Waals surface area contributed by atoms with Crippen molar-refractivity contribution in [3.05, 3.63) is 75.1 Å². The van der Waals surface area contributed by atoms with Crippen LogP contribution in [0.15, 0.2) is 45.8 Å². The number of benzene rings is 2. The summed E-state index contributed by atoms with van der Waals surface area (Å²) in [6, 6.07) is 11.5. The third-order valence-electron chi connectivity index (χ3n) is 6.42. The van der Waals surface area contributed by atoms with Crippen LogP contribution in [0.5, 0.6) is 0 Å². The maximum absolute atomic E-state index is 13.7. The van der Waals surface area contributed by atoms with Crippen LogP contribution in [0.2, 0.25) is 5.02 Å². The number of sulfonamides is 1. The second kappa shape index (κ2) is 10.6. The van der Waals surface area contributed by atoms with E-state index in [-0.39, 0.29) is 28.8 Å². The molecule has 0 saturated carbocycles. The maximum atomic E-state index is 13.7. The molecule has 7 nitrogen and oxygen atoms in total. The molecule has 190 valence electrons. The van der Waals surface area contributed by atoms with Crippen LogP contribution in [-0.4, -0.2) is 36.9 Å². The van der Waals surface area contributed by atoms with Gasteiger partial charge in [0.2, 0.25) is 15.9 Å². The van der Waals surface area contributed by atoms with Gasteiger partial charge in [-0.25, -0.2) is 8.42 Å². The van der Waals surface area contributed by atoms with Crippen LogP contribution in [0.25, 0.3) is 12.2 Å². The number of hydrogen-bond acceptors (Lipinski definition) is 5. The van der Waals surface area contributed by atoms with E-state index in [4.69, 9.17) is 16.1 Å². The molecule has 1 amide bonds. The molecule has 2 heterocycles. The molecule has 4 rings (SSSR count). The van der Waals surface area contributed by atoms with Gasteiger partial charge in [0.25, 0.3) is 0 Å². The quantitative estimate of drug-likeness (QED) is 0.439. The van der Waals surface area contributed by atoms with E-state index < -0.39 is 15.9 Å². The minimum atomic E-state index is -3.94. The molecule has 0 aliphatic carbocycles. The molecule has 1 aliphatic heterocycles. The summed E-state index contributed by atoms with van der Waals surface area (Å²) in [5, 5.41) is 7.23. The number of piperidine rings is 1. The topological polar surface area (TPSA) is 92.5 Å². The molecule has 3 aromatic rings. The molecule has 1 aromatic heterocycles. The number of aromatic nitrogens is 1. The van der Waals surface area contributed by atoms with Gasteiger partial charge in [-0.15, -0.1) is 0 Å². The fourth-order valence-electron chi connectivity index (χ4n) is 4.36. The maximum Gasteiger partial charge on any atom is 0.248 e. The van der Waals surface area contributed by atoms with Gasteiger partial charge in [0.05, 0.1) is 16.6 Å². The Morgan fingerprint density at radius 2 is 1.83 bits per heavy atom. The van der Waals surface area contributed by atoms with E-state index >= 15 is 0 Å². The lowest BCUT2D eigenvalue weighted by Crippen LogP contribution is -2.43. The first-order chi connectivity index (χ1) is 17.1. The average molecular weight is 528 g/mol. The Bertz CT molecular complexity index is 1430. The zero-order valence-electron chi connectivity index (χ0n) is 20.8. The van der Waals surface area contributed by atoms with E-state index in [0.29, 0.717) is 30.1 Å². The third kappa shape index (κ3) is 5.56. The van der Waals surface area contributed by atoms with Gasteiger partial charge in [0.1, 0.15) is 5.69 Å². The Morgan fingerprint density at radius 1 is 1.11 bits per heavy atom. The number of halogens is 1. The summed E-state index contributed by atoms with van der Waals surface area (Å²) in [6.45, 7) is 7.91. The van der Waals surface area contributed by atoms with Crippen LogP contribution < -0.4 is 5.32 Å². The molecule has 0 spiro atoms. The Kier molecular flexibility index (Phi) is 7.68. The Hall–Kier alpha value is -2.94. The summed E-state index contributed by atoms with van der Waals surface area (Å²) >= 11 is 6.26. The number of rotatable bonds is 6. The first-order valence-corrected chi connectivity index (χ1v) is 13.7. The van der Waals surface area contributed by atoms with Crippen molar-refractivity contribution in [3.63, 3.8) is 0 Å². The summed E-state index contributed by atoms with van der Waals surface area (Å²) in [5.74, 6) is -0.579. The molecule has 1 saturated heterocycles. The number of nitrogens with one attached hydrogen (secondary N) is 1. The Balaban J connectivity index is 1.55. The van der Waals surface area contributed by atoms with Gasteiger partial charge in [-0.05, 0) is 75.4 Å². The number of nitrogens with zero attached hydrogens (tertiary/aromatic N) is 2. The third-order valence-corrected chi connectivity index (χ3v) is 8.75. The predicted molar refractivity (Wildman–Crippen MR) is 142 cm³/mol. The minimum absolute atomic E-state index is 0.0340. The average Bonchev–Trinajstić information content (AvgIpc) is 3.22. The lowest BCUT2D eigenvalue weighted by molar-refractivity contribution is -0.120. The van der Waals surface area contributed by atoms with Crippen LogP contribution in [-0.2, 0) is 14.8 Å². The molecule has 36 heavy (non-hydrogen) atoms. The predicted octanol–water partition coefficient (Wildman–Crippen LogP) is 5.77. The summed E-state index contributed by atoms with van der Waals surface area (Å²) in [5.41, 5.74) is 4.92. The number of anilines is 1. The minimum Gasteiger partial charge on any atom is -0.355 e. The van der Waals surface area contributed by atoms with Gasteiger partial charge in [-0.2, -0.15) is 4.31 Å². The first kappa shape index (κ1) is 26.1. The fourth-order valence-corrected chi connectivity index (χ4v) is 6.42. The molecule has 1 N–H and O–H groups in total. The zero-order valence-corrected chi connectivity index (χ0v) is 22.4. The van der Waals surface area contributed by atoms with Crippen molar-refractivity contribution in [1.82, 2.24) is 9.46 Å². The van der Waals surface area contributed by atoms with E-state index in [1.807, 2.05) is 51.1 Å². The van der Waals surface area contributed by atoms with E-state index in [1.54, 1.807) is 25.1 Å². The van der Waals surface area contributed by atoms with Crippen LogP contribution in [0, 0.1) is 33.6 Å². The van der Waals surface area contributed by atoms with Gasteiger partial charge >= 0.3 is 0 Å². The number of carbonyl (C=O) groups excluding carboxylic acids is 1. The number of hydrogen-bond donors (Lipinski definition) is 1. The van der Waals surface area contributed by atoms with Crippen molar-refractivity contribution in [2.75, 3.05) is 18.4 Å². The normalized spacial score (nSPS) is 17.0. The van der Waals surface area contributed by atoms with E-state index in [0.717, 1.165) is 22.3 Å². The number of carbonyl (C=O) groups is 1. The van der Waals surface area contributed by atoms with Crippen molar-refractivity contribution in [2.24, 2.45) is 5.92 Å². The van der Waals surface area contributed by atoms with Gasteiger partial charge in [0, 0.05) is 13.1 Å². The van der Waals surface area contributed by atoms with Crippen LogP contribution in [0.4, 0.5) is 5.69 Å². The van der Waals surface area contributed by atoms with Crippen molar-refractivity contribution in [3.8, 4) is 0 Å². The highest BCUT2D eigenvalue weighted by molar-refractivity contribution is 7.89. The highest BCUT2D eigenvalue weighted by atomic mass is 35.5. The summed E-state index contributed by atoms with van der Waals surface area (Å²) in [7, 11) is -3.94. The fraction of sp³-hybridized carbons (Fsp3) is 0.333. The monoisotopic (exact) mass is 527 g/mol. The molecule has 0 unspecified atom stereocenters. The number of aryl methyl sites for hydroxylation is 4.